The number of alkyl halides is 3. The normalized spacial score (nSPS) is 13.8. The van der Waals surface area contributed by atoms with Crippen molar-refractivity contribution in [3.63, 3.8) is 0 Å². The molecule has 0 aliphatic heterocycles. The molecule has 20 heavy (non-hydrogen) atoms. The number of amides is 1. The molecular formula is C11H18F3NO5. The van der Waals surface area contributed by atoms with E-state index in [1.165, 1.54) is 0 Å². The third-order valence-corrected chi connectivity index (χ3v) is 1.98. The number of carbonyl (C=O) groups is 2. The van der Waals surface area contributed by atoms with Crippen LogP contribution in [0, 0.1) is 0 Å². The number of aliphatic carboxylic acids is 1. The second-order valence-electron chi connectivity index (χ2n) is 5.08. The van der Waals surface area contributed by atoms with E-state index in [1.54, 1.807) is 20.8 Å². The van der Waals surface area contributed by atoms with Gasteiger partial charge in [-0.15, -0.1) is 0 Å². The lowest BCUT2D eigenvalue weighted by Crippen LogP contribution is -2.47. The van der Waals surface area contributed by atoms with E-state index < -0.39 is 43.1 Å². The summed E-state index contributed by atoms with van der Waals surface area (Å²) in [7, 11) is 1.11. The molecule has 0 aromatic carbocycles. The lowest BCUT2D eigenvalue weighted by molar-refractivity contribution is -0.180. The van der Waals surface area contributed by atoms with Crippen LogP contribution in [0.3, 0.4) is 0 Å². The molecule has 0 aromatic rings. The molecule has 0 heterocycles. The van der Waals surface area contributed by atoms with Crippen LogP contribution >= 0.6 is 0 Å². The molecule has 0 fully saturated rings. The lowest BCUT2D eigenvalue weighted by Gasteiger charge is -2.28. The van der Waals surface area contributed by atoms with Gasteiger partial charge in [0.1, 0.15) is 12.2 Å². The molecule has 0 saturated carbocycles. The molecule has 1 unspecified atom stereocenters. The van der Waals surface area contributed by atoms with Crippen LogP contribution in [-0.2, 0) is 14.3 Å². The van der Waals surface area contributed by atoms with Crippen LogP contribution in [0.15, 0.2) is 0 Å². The molecule has 0 rings (SSSR count). The summed E-state index contributed by atoms with van der Waals surface area (Å²) in [6, 6.07) is -1.56. The van der Waals surface area contributed by atoms with Crippen molar-refractivity contribution in [2.24, 2.45) is 0 Å². The Labute approximate surface area is 114 Å². The van der Waals surface area contributed by atoms with Gasteiger partial charge in [0.05, 0.1) is 6.61 Å². The molecule has 0 bridgehead atoms. The van der Waals surface area contributed by atoms with Crippen LogP contribution in [0.25, 0.3) is 0 Å². The van der Waals surface area contributed by atoms with Crippen LogP contribution in [0.5, 0.6) is 0 Å². The molecule has 0 aromatic heterocycles. The number of ether oxygens (including phenoxy) is 2. The number of carboxylic acid groups (broad SMARTS) is 1. The van der Waals surface area contributed by atoms with Gasteiger partial charge in [-0.25, -0.2) is 9.59 Å². The Morgan fingerprint density at radius 1 is 1.25 bits per heavy atom. The van der Waals surface area contributed by atoms with Crippen LogP contribution in [-0.4, -0.2) is 60.1 Å². The SMILES string of the molecule is CN(C(=O)OC(C)(C)C)C(COCC(F)(F)F)C(=O)O. The van der Waals surface area contributed by atoms with Crippen LogP contribution in [0.2, 0.25) is 0 Å². The molecule has 0 spiro atoms. The summed E-state index contributed by atoms with van der Waals surface area (Å²) in [5.74, 6) is -1.49. The minimum atomic E-state index is -4.56. The summed E-state index contributed by atoms with van der Waals surface area (Å²) < 4.78 is 44.9. The fourth-order valence-corrected chi connectivity index (χ4v) is 1.10. The standard InChI is InChI=1S/C11H18F3NO5/c1-10(2,3)20-9(18)15(4)7(8(16)17)5-19-6-11(12,13)14/h7H,5-6H2,1-4H3,(H,16,17). The summed E-state index contributed by atoms with van der Waals surface area (Å²) >= 11 is 0. The Kier molecular flexibility index (Phi) is 6.27. The van der Waals surface area contributed by atoms with Crippen molar-refractivity contribution >= 4 is 12.1 Å². The quantitative estimate of drug-likeness (QED) is 0.839. The fraction of sp³-hybridized carbons (Fsp3) is 0.818. The minimum Gasteiger partial charge on any atom is -0.480 e. The van der Waals surface area contributed by atoms with E-state index in [9.17, 15) is 22.8 Å². The first kappa shape index (κ1) is 18.5. The Bertz CT molecular complexity index is 351. The highest BCUT2D eigenvalue weighted by atomic mass is 19.4. The summed E-state index contributed by atoms with van der Waals surface area (Å²) in [5.41, 5.74) is -0.846. The largest absolute Gasteiger partial charge is 0.480 e. The molecular weight excluding hydrogens is 283 g/mol. The third kappa shape index (κ3) is 7.82. The summed E-state index contributed by atoms with van der Waals surface area (Å²) in [4.78, 5) is 23.3. The first-order chi connectivity index (χ1) is 8.83. The Balaban J connectivity index is 4.59. The van der Waals surface area contributed by atoms with E-state index in [0.717, 1.165) is 7.05 Å². The zero-order valence-electron chi connectivity index (χ0n) is 11.7. The van der Waals surface area contributed by atoms with Crippen molar-refractivity contribution in [3.8, 4) is 0 Å². The van der Waals surface area contributed by atoms with Gasteiger partial charge >= 0.3 is 18.2 Å². The van der Waals surface area contributed by atoms with Gasteiger partial charge in [0.25, 0.3) is 0 Å². The highest BCUT2D eigenvalue weighted by molar-refractivity contribution is 5.80. The van der Waals surface area contributed by atoms with E-state index in [0.29, 0.717) is 4.90 Å². The van der Waals surface area contributed by atoms with Gasteiger partial charge in [0.15, 0.2) is 6.04 Å². The van der Waals surface area contributed by atoms with Crippen molar-refractivity contribution in [1.29, 1.82) is 0 Å². The lowest BCUT2D eigenvalue weighted by atomic mass is 10.2. The van der Waals surface area contributed by atoms with E-state index >= 15 is 0 Å². The molecule has 1 N–H and O–H groups in total. The maximum absolute atomic E-state index is 11.9. The molecule has 0 aliphatic rings. The van der Waals surface area contributed by atoms with E-state index in [2.05, 4.69) is 4.74 Å². The van der Waals surface area contributed by atoms with E-state index in [4.69, 9.17) is 9.84 Å². The minimum absolute atomic E-state index is 0.684. The van der Waals surface area contributed by atoms with Crippen molar-refractivity contribution in [2.45, 2.75) is 38.6 Å². The smallest absolute Gasteiger partial charge is 0.411 e. The zero-order valence-corrected chi connectivity index (χ0v) is 11.7. The molecule has 6 nitrogen and oxygen atoms in total. The van der Waals surface area contributed by atoms with Crippen LogP contribution in [0.1, 0.15) is 20.8 Å². The van der Waals surface area contributed by atoms with Crippen molar-refractivity contribution < 1.29 is 37.3 Å². The Morgan fingerprint density at radius 2 is 1.75 bits per heavy atom. The van der Waals surface area contributed by atoms with Gasteiger partial charge in [-0.3, -0.25) is 4.90 Å². The number of likely N-dealkylation sites (N-methyl/N-ethyl adjacent to an activating group) is 1. The Hall–Kier alpha value is -1.51. The molecule has 1 amide bonds. The molecule has 0 radical (unpaired) electrons. The van der Waals surface area contributed by atoms with Crippen LogP contribution < -0.4 is 0 Å². The van der Waals surface area contributed by atoms with Gasteiger partial charge in [0, 0.05) is 7.05 Å². The average molecular weight is 301 g/mol. The number of hydrogen-bond acceptors (Lipinski definition) is 4. The second-order valence-corrected chi connectivity index (χ2v) is 5.08. The van der Waals surface area contributed by atoms with Crippen molar-refractivity contribution in [3.05, 3.63) is 0 Å². The second kappa shape index (κ2) is 6.78. The van der Waals surface area contributed by atoms with Gasteiger partial charge in [-0.05, 0) is 20.8 Å². The number of halogens is 3. The van der Waals surface area contributed by atoms with Gasteiger partial charge < -0.3 is 14.6 Å². The van der Waals surface area contributed by atoms with E-state index in [-0.39, 0.29) is 0 Å². The summed E-state index contributed by atoms with van der Waals surface area (Å²) in [5, 5.41) is 8.91. The first-order valence-corrected chi connectivity index (χ1v) is 5.66. The maximum atomic E-state index is 11.9. The number of hydrogen-bond donors (Lipinski definition) is 1. The summed E-state index contributed by atoms with van der Waals surface area (Å²) in [6.45, 7) is 2.36. The van der Waals surface area contributed by atoms with Crippen molar-refractivity contribution in [2.75, 3.05) is 20.3 Å². The number of nitrogens with zero attached hydrogens (tertiary/aromatic N) is 1. The zero-order chi connectivity index (χ0) is 16.1. The van der Waals surface area contributed by atoms with Gasteiger partial charge in [-0.1, -0.05) is 0 Å². The molecule has 0 aliphatic carbocycles. The van der Waals surface area contributed by atoms with Gasteiger partial charge in [0.2, 0.25) is 0 Å². The monoisotopic (exact) mass is 301 g/mol. The average Bonchev–Trinajstić information content (AvgIpc) is 2.18. The molecule has 1 atom stereocenters. The van der Waals surface area contributed by atoms with E-state index in [1.807, 2.05) is 0 Å². The summed E-state index contributed by atoms with van der Waals surface area (Å²) in [6.07, 6.45) is -5.52. The molecule has 118 valence electrons. The predicted molar refractivity (Wildman–Crippen MR) is 62.3 cm³/mol. The number of carboxylic acids is 1. The van der Waals surface area contributed by atoms with Gasteiger partial charge in [-0.2, -0.15) is 13.2 Å². The highest BCUT2D eigenvalue weighted by Gasteiger charge is 2.33. The maximum Gasteiger partial charge on any atom is 0.411 e. The predicted octanol–water partition coefficient (Wildman–Crippen LogP) is 1.89. The Morgan fingerprint density at radius 3 is 2.10 bits per heavy atom. The molecule has 0 saturated heterocycles. The molecule has 9 heteroatoms. The van der Waals surface area contributed by atoms with Crippen molar-refractivity contribution in [1.82, 2.24) is 4.90 Å². The third-order valence-electron chi connectivity index (χ3n) is 1.98. The topological polar surface area (TPSA) is 76.1 Å². The number of carbonyl (C=O) groups excluding carboxylic acids is 1. The fourth-order valence-electron chi connectivity index (χ4n) is 1.10. The highest BCUT2D eigenvalue weighted by Crippen LogP contribution is 2.15. The van der Waals surface area contributed by atoms with Crippen LogP contribution in [0.4, 0.5) is 18.0 Å². The first-order valence-electron chi connectivity index (χ1n) is 5.66. The number of rotatable bonds is 5.